The maximum Gasteiger partial charge on any atom is 0.341 e. The fraction of sp³-hybridized carbons (Fsp3) is 0.500. The highest BCUT2D eigenvalue weighted by molar-refractivity contribution is 7.17. The molecule has 0 fully saturated rings. The smallest absolute Gasteiger partial charge is 0.341 e. The third-order valence-electron chi connectivity index (χ3n) is 4.53. The second-order valence-corrected chi connectivity index (χ2v) is 7.79. The van der Waals surface area contributed by atoms with Gasteiger partial charge in [-0.15, -0.1) is 11.3 Å². The molecule has 0 aromatic carbocycles. The first kappa shape index (κ1) is 18.6. The van der Waals surface area contributed by atoms with Crippen LogP contribution in [0.25, 0.3) is 0 Å². The van der Waals surface area contributed by atoms with Crippen molar-refractivity contribution in [3.8, 4) is 0 Å². The van der Waals surface area contributed by atoms with Crippen molar-refractivity contribution in [1.82, 2.24) is 14.7 Å². The summed E-state index contributed by atoms with van der Waals surface area (Å²) in [5.74, 6) is -0.516. The van der Waals surface area contributed by atoms with Gasteiger partial charge in [0.15, 0.2) is 0 Å². The second kappa shape index (κ2) is 7.59. The van der Waals surface area contributed by atoms with Crippen molar-refractivity contribution >= 4 is 28.2 Å². The molecule has 0 aliphatic heterocycles. The van der Waals surface area contributed by atoms with Crippen molar-refractivity contribution in [3.63, 3.8) is 0 Å². The lowest BCUT2D eigenvalue weighted by Gasteiger charge is -2.16. The van der Waals surface area contributed by atoms with E-state index in [0.29, 0.717) is 17.1 Å². The van der Waals surface area contributed by atoms with Crippen molar-refractivity contribution < 1.29 is 14.3 Å². The number of ether oxygens (including phenoxy) is 1. The van der Waals surface area contributed by atoms with Crippen LogP contribution in [0, 0.1) is 6.92 Å². The molecule has 2 aromatic heterocycles. The van der Waals surface area contributed by atoms with E-state index in [1.807, 2.05) is 32.1 Å². The molecule has 1 N–H and O–H groups in total. The third kappa shape index (κ3) is 3.81. The molecule has 2 heterocycles. The van der Waals surface area contributed by atoms with Gasteiger partial charge in [0, 0.05) is 30.2 Å². The minimum atomic E-state index is -0.376. The molecule has 0 saturated carbocycles. The van der Waals surface area contributed by atoms with Crippen LogP contribution in [0.5, 0.6) is 0 Å². The number of thiophene rings is 1. The quantitative estimate of drug-likeness (QED) is 0.782. The SMILES string of the molecule is COC(=O)c1c(NC(=O)CN(C)Cc2cn(C)nc2C)sc2c1CCC2. The molecule has 140 valence electrons. The Morgan fingerprint density at radius 3 is 2.85 bits per heavy atom. The Hall–Kier alpha value is -2.19. The van der Waals surface area contributed by atoms with Crippen LogP contribution in [0.2, 0.25) is 0 Å². The first-order valence-electron chi connectivity index (χ1n) is 8.59. The van der Waals surface area contributed by atoms with Gasteiger partial charge in [-0.1, -0.05) is 0 Å². The van der Waals surface area contributed by atoms with Crippen LogP contribution in [0.15, 0.2) is 6.20 Å². The average molecular weight is 376 g/mol. The van der Waals surface area contributed by atoms with Crippen LogP contribution in [-0.2, 0) is 36.0 Å². The number of rotatable bonds is 6. The predicted molar refractivity (Wildman–Crippen MR) is 101 cm³/mol. The van der Waals surface area contributed by atoms with Gasteiger partial charge in [0.05, 0.1) is 24.9 Å². The molecule has 0 saturated heterocycles. The average Bonchev–Trinajstić information content (AvgIpc) is 3.21. The summed E-state index contributed by atoms with van der Waals surface area (Å²) in [6.45, 7) is 2.83. The number of nitrogens with zero attached hydrogens (tertiary/aromatic N) is 3. The summed E-state index contributed by atoms with van der Waals surface area (Å²) in [4.78, 5) is 27.7. The monoisotopic (exact) mass is 376 g/mol. The zero-order valence-corrected chi connectivity index (χ0v) is 16.4. The lowest BCUT2D eigenvalue weighted by molar-refractivity contribution is -0.117. The van der Waals surface area contributed by atoms with Gasteiger partial charge < -0.3 is 10.1 Å². The van der Waals surface area contributed by atoms with Gasteiger partial charge in [-0.25, -0.2) is 4.79 Å². The van der Waals surface area contributed by atoms with Gasteiger partial charge in [0.25, 0.3) is 0 Å². The largest absolute Gasteiger partial charge is 0.465 e. The fourth-order valence-corrected chi connectivity index (χ4v) is 4.67. The number of anilines is 1. The van der Waals surface area contributed by atoms with Crippen molar-refractivity contribution in [2.24, 2.45) is 7.05 Å². The summed E-state index contributed by atoms with van der Waals surface area (Å²) in [5, 5.41) is 7.84. The van der Waals surface area contributed by atoms with E-state index in [1.165, 1.54) is 23.3 Å². The summed E-state index contributed by atoms with van der Waals surface area (Å²) in [6, 6.07) is 0. The Bertz CT molecular complexity index is 840. The van der Waals surface area contributed by atoms with Crippen molar-refractivity contribution in [1.29, 1.82) is 0 Å². The number of esters is 1. The summed E-state index contributed by atoms with van der Waals surface area (Å²) in [6.07, 6.45) is 4.84. The number of amides is 1. The molecule has 0 atom stereocenters. The zero-order chi connectivity index (χ0) is 18.8. The van der Waals surface area contributed by atoms with Gasteiger partial charge in [-0.3, -0.25) is 14.4 Å². The maximum absolute atomic E-state index is 12.5. The normalized spacial score (nSPS) is 13.1. The third-order valence-corrected chi connectivity index (χ3v) is 5.74. The number of hydrogen-bond acceptors (Lipinski definition) is 6. The molecular weight excluding hydrogens is 352 g/mol. The van der Waals surface area contributed by atoms with Crippen molar-refractivity contribution in [3.05, 3.63) is 33.5 Å². The minimum absolute atomic E-state index is 0.140. The molecule has 26 heavy (non-hydrogen) atoms. The summed E-state index contributed by atoms with van der Waals surface area (Å²) >= 11 is 1.49. The van der Waals surface area contributed by atoms with Gasteiger partial charge in [-0.05, 0) is 38.8 Å². The van der Waals surface area contributed by atoms with E-state index in [1.54, 1.807) is 4.68 Å². The highest BCUT2D eigenvalue weighted by Gasteiger charge is 2.28. The number of hydrogen-bond donors (Lipinski definition) is 1. The number of methoxy groups -OCH3 is 1. The summed E-state index contributed by atoms with van der Waals surface area (Å²) in [5.41, 5.74) is 3.62. The molecule has 0 spiro atoms. The molecular formula is C18H24N4O3S. The number of aromatic nitrogens is 2. The van der Waals surface area contributed by atoms with E-state index in [9.17, 15) is 9.59 Å². The number of fused-ring (bicyclic) bond motifs is 1. The highest BCUT2D eigenvalue weighted by Crippen LogP contribution is 2.39. The zero-order valence-electron chi connectivity index (χ0n) is 15.6. The van der Waals surface area contributed by atoms with Crippen LogP contribution in [0.4, 0.5) is 5.00 Å². The number of aryl methyl sites for hydroxylation is 3. The van der Waals surface area contributed by atoms with E-state index in [0.717, 1.165) is 36.1 Å². The molecule has 0 bridgehead atoms. The summed E-state index contributed by atoms with van der Waals surface area (Å²) in [7, 11) is 5.14. The molecule has 2 aromatic rings. The number of carbonyl (C=O) groups is 2. The predicted octanol–water partition coefficient (Wildman–Crippen LogP) is 2.14. The second-order valence-electron chi connectivity index (χ2n) is 6.69. The van der Waals surface area contributed by atoms with E-state index in [4.69, 9.17) is 4.74 Å². The molecule has 0 unspecified atom stereocenters. The van der Waals surface area contributed by atoms with Gasteiger partial charge in [0.2, 0.25) is 5.91 Å². The molecule has 1 amide bonds. The maximum atomic E-state index is 12.5. The van der Waals surface area contributed by atoms with E-state index < -0.39 is 0 Å². The number of likely N-dealkylation sites (N-methyl/N-ethyl adjacent to an activating group) is 1. The van der Waals surface area contributed by atoms with E-state index in [-0.39, 0.29) is 18.4 Å². The lowest BCUT2D eigenvalue weighted by atomic mass is 10.1. The molecule has 1 aliphatic carbocycles. The van der Waals surface area contributed by atoms with Gasteiger partial charge >= 0.3 is 5.97 Å². The van der Waals surface area contributed by atoms with E-state index >= 15 is 0 Å². The Morgan fingerprint density at radius 2 is 2.19 bits per heavy atom. The summed E-state index contributed by atoms with van der Waals surface area (Å²) < 4.78 is 6.69. The minimum Gasteiger partial charge on any atom is -0.465 e. The lowest BCUT2D eigenvalue weighted by Crippen LogP contribution is -2.30. The molecule has 8 heteroatoms. The molecule has 3 rings (SSSR count). The van der Waals surface area contributed by atoms with E-state index in [2.05, 4.69) is 10.4 Å². The van der Waals surface area contributed by atoms with Crippen LogP contribution < -0.4 is 5.32 Å². The Labute approximate surface area is 156 Å². The Balaban J connectivity index is 1.67. The number of nitrogens with one attached hydrogen (secondary N) is 1. The van der Waals surface area contributed by atoms with Crippen molar-refractivity contribution in [2.75, 3.05) is 26.0 Å². The fourth-order valence-electron chi connectivity index (χ4n) is 3.37. The van der Waals surface area contributed by atoms with Gasteiger partial charge in [0.1, 0.15) is 5.00 Å². The molecule has 0 radical (unpaired) electrons. The van der Waals surface area contributed by atoms with Crippen LogP contribution in [0.3, 0.4) is 0 Å². The topological polar surface area (TPSA) is 76.5 Å². The van der Waals surface area contributed by atoms with Crippen molar-refractivity contribution in [2.45, 2.75) is 32.7 Å². The Kier molecular flexibility index (Phi) is 5.43. The highest BCUT2D eigenvalue weighted by atomic mass is 32.1. The van der Waals surface area contributed by atoms with Crippen LogP contribution >= 0.6 is 11.3 Å². The molecule has 1 aliphatic rings. The number of carbonyl (C=O) groups excluding carboxylic acids is 2. The Morgan fingerprint density at radius 1 is 1.42 bits per heavy atom. The standard InChI is InChI=1S/C18H24N4O3S/c1-11-12(9-22(3)20-11)8-21(2)10-15(23)19-17-16(18(24)25-4)13-6-5-7-14(13)26-17/h9H,5-8,10H2,1-4H3,(H,19,23). The van der Waals surface area contributed by atoms with Gasteiger partial charge in [-0.2, -0.15) is 5.10 Å². The first-order valence-corrected chi connectivity index (χ1v) is 9.41. The molecule has 7 nitrogen and oxygen atoms in total. The van der Waals surface area contributed by atoms with Crippen LogP contribution in [-0.4, -0.2) is 47.3 Å². The first-order chi connectivity index (χ1) is 12.4. The van der Waals surface area contributed by atoms with Crippen LogP contribution in [0.1, 0.15) is 38.5 Å².